The molecule has 29 heavy (non-hydrogen) atoms. The molecule has 5 nitrogen and oxygen atoms in total. The lowest BCUT2D eigenvalue weighted by atomic mass is 9.83. The molecule has 0 bridgehead atoms. The molecule has 3 heterocycles. The van der Waals surface area contributed by atoms with Crippen LogP contribution in [-0.2, 0) is 11.3 Å². The molecule has 0 spiro atoms. The monoisotopic (exact) mass is 512 g/mol. The van der Waals surface area contributed by atoms with Gasteiger partial charge in [0.25, 0.3) is 0 Å². The van der Waals surface area contributed by atoms with E-state index in [2.05, 4.69) is 59.3 Å². The molecule has 3 saturated heterocycles. The first kappa shape index (κ1) is 22.8. The predicted octanol–water partition coefficient (Wildman–Crippen LogP) is 3.59. The van der Waals surface area contributed by atoms with E-state index in [4.69, 9.17) is 9.73 Å². The van der Waals surface area contributed by atoms with Gasteiger partial charge in [-0.2, -0.15) is 0 Å². The molecule has 1 N–H and O–H groups in total. The molecule has 0 aromatic heterocycles. The smallest absolute Gasteiger partial charge is 0.193 e. The Morgan fingerprint density at radius 2 is 2.00 bits per heavy atom. The van der Waals surface area contributed by atoms with Gasteiger partial charge in [0.1, 0.15) is 0 Å². The van der Waals surface area contributed by atoms with Crippen LogP contribution in [0.4, 0.5) is 0 Å². The van der Waals surface area contributed by atoms with Crippen molar-refractivity contribution in [2.75, 3.05) is 45.9 Å². The van der Waals surface area contributed by atoms with Crippen molar-refractivity contribution in [1.82, 2.24) is 15.1 Å². The molecule has 162 valence electrons. The highest BCUT2D eigenvalue weighted by atomic mass is 127. The Bertz CT molecular complexity index is 664. The van der Waals surface area contributed by atoms with Crippen molar-refractivity contribution < 1.29 is 4.74 Å². The molecule has 0 amide bonds. The standard InChI is InChI=1S/C23H36N4O.HI/c1-3-24-22(25-16-23(2)17-28-18-23)27-13-11-21-20(15-27)10-7-12-26(21)14-19-8-5-4-6-9-19;/h4-6,8-9,20-21H,3,7,10-18H2,1-2H3,(H,24,25);1H. The van der Waals surface area contributed by atoms with Crippen LogP contribution in [0.5, 0.6) is 0 Å². The highest BCUT2D eigenvalue weighted by Gasteiger charge is 2.37. The molecule has 3 aliphatic heterocycles. The van der Waals surface area contributed by atoms with E-state index in [1.807, 2.05) is 0 Å². The number of hydrogen-bond acceptors (Lipinski definition) is 3. The van der Waals surface area contributed by atoms with Crippen LogP contribution in [-0.4, -0.2) is 67.7 Å². The molecule has 4 rings (SSSR count). The van der Waals surface area contributed by atoms with Crippen LogP contribution in [0.2, 0.25) is 0 Å². The molecule has 3 fully saturated rings. The van der Waals surface area contributed by atoms with E-state index in [-0.39, 0.29) is 29.4 Å². The van der Waals surface area contributed by atoms with Crippen LogP contribution in [0.1, 0.15) is 38.7 Å². The normalized spacial score (nSPS) is 26.8. The third-order valence-corrected chi connectivity index (χ3v) is 6.56. The third kappa shape index (κ3) is 5.64. The number of benzene rings is 1. The number of rotatable bonds is 5. The summed E-state index contributed by atoms with van der Waals surface area (Å²) in [5.74, 6) is 1.85. The number of likely N-dealkylation sites (tertiary alicyclic amines) is 2. The van der Waals surface area contributed by atoms with Gasteiger partial charge in [0.2, 0.25) is 0 Å². The second-order valence-electron chi connectivity index (χ2n) is 9.13. The molecule has 2 unspecified atom stereocenters. The Morgan fingerprint density at radius 3 is 2.69 bits per heavy atom. The van der Waals surface area contributed by atoms with E-state index in [0.29, 0.717) is 6.04 Å². The highest BCUT2D eigenvalue weighted by molar-refractivity contribution is 14.0. The van der Waals surface area contributed by atoms with Crippen molar-refractivity contribution in [1.29, 1.82) is 0 Å². The van der Waals surface area contributed by atoms with Gasteiger partial charge >= 0.3 is 0 Å². The van der Waals surface area contributed by atoms with Gasteiger partial charge in [0.15, 0.2) is 5.96 Å². The second-order valence-corrected chi connectivity index (χ2v) is 9.13. The lowest BCUT2D eigenvalue weighted by Crippen LogP contribution is -2.57. The van der Waals surface area contributed by atoms with Gasteiger partial charge in [0.05, 0.1) is 19.8 Å². The largest absolute Gasteiger partial charge is 0.380 e. The van der Waals surface area contributed by atoms with Gasteiger partial charge in [-0.25, -0.2) is 0 Å². The Balaban J connectivity index is 0.00000240. The van der Waals surface area contributed by atoms with Crippen LogP contribution in [0.15, 0.2) is 35.3 Å². The summed E-state index contributed by atoms with van der Waals surface area (Å²) in [4.78, 5) is 10.2. The highest BCUT2D eigenvalue weighted by Crippen LogP contribution is 2.32. The van der Waals surface area contributed by atoms with Crippen molar-refractivity contribution in [3.8, 4) is 0 Å². The average molecular weight is 512 g/mol. The summed E-state index contributed by atoms with van der Waals surface area (Å²) in [5.41, 5.74) is 1.67. The maximum Gasteiger partial charge on any atom is 0.193 e. The van der Waals surface area contributed by atoms with Crippen molar-refractivity contribution in [3.05, 3.63) is 35.9 Å². The summed E-state index contributed by atoms with van der Waals surface area (Å²) >= 11 is 0. The van der Waals surface area contributed by atoms with E-state index in [9.17, 15) is 0 Å². The molecule has 0 saturated carbocycles. The van der Waals surface area contributed by atoms with E-state index >= 15 is 0 Å². The minimum atomic E-state index is 0. The molecule has 0 radical (unpaired) electrons. The summed E-state index contributed by atoms with van der Waals surface area (Å²) in [6, 6.07) is 11.7. The molecule has 6 heteroatoms. The Labute approximate surface area is 193 Å². The van der Waals surface area contributed by atoms with E-state index in [1.165, 1.54) is 31.4 Å². The number of guanidine groups is 1. The molecule has 1 aromatic carbocycles. The maximum absolute atomic E-state index is 5.40. The van der Waals surface area contributed by atoms with Crippen molar-refractivity contribution in [2.24, 2.45) is 16.3 Å². The topological polar surface area (TPSA) is 40.1 Å². The SMILES string of the molecule is CCNC(=NCC1(C)COC1)N1CCC2C(CCCN2Cc2ccccc2)C1.I. The minimum Gasteiger partial charge on any atom is -0.380 e. The first-order valence-electron chi connectivity index (χ1n) is 11.1. The fourth-order valence-corrected chi connectivity index (χ4v) is 4.95. The van der Waals surface area contributed by atoms with Gasteiger partial charge in [-0.15, -0.1) is 24.0 Å². The fourth-order valence-electron chi connectivity index (χ4n) is 4.95. The molecular weight excluding hydrogens is 475 g/mol. The van der Waals surface area contributed by atoms with E-state index in [1.54, 1.807) is 0 Å². The van der Waals surface area contributed by atoms with Gasteiger partial charge < -0.3 is 15.0 Å². The average Bonchev–Trinajstić information content (AvgIpc) is 2.70. The number of ether oxygens (including phenoxy) is 1. The number of halogens is 1. The Kier molecular flexibility index (Phi) is 8.22. The lowest BCUT2D eigenvalue weighted by Gasteiger charge is -2.48. The fraction of sp³-hybridized carbons (Fsp3) is 0.696. The van der Waals surface area contributed by atoms with E-state index in [0.717, 1.165) is 57.8 Å². The van der Waals surface area contributed by atoms with Crippen LogP contribution in [0.3, 0.4) is 0 Å². The van der Waals surface area contributed by atoms with Gasteiger partial charge in [-0.3, -0.25) is 9.89 Å². The van der Waals surface area contributed by atoms with Gasteiger partial charge in [-0.05, 0) is 44.2 Å². The van der Waals surface area contributed by atoms with Gasteiger partial charge in [0, 0.05) is 37.6 Å². The minimum absolute atomic E-state index is 0. The molecular formula is C23H37IN4O. The molecule has 1 aromatic rings. The summed E-state index contributed by atoms with van der Waals surface area (Å²) < 4.78 is 5.40. The van der Waals surface area contributed by atoms with Crippen molar-refractivity contribution in [2.45, 2.75) is 45.7 Å². The van der Waals surface area contributed by atoms with E-state index < -0.39 is 0 Å². The number of nitrogens with zero attached hydrogens (tertiary/aromatic N) is 3. The maximum atomic E-state index is 5.40. The quantitative estimate of drug-likeness (QED) is 0.372. The third-order valence-electron chi connectivity index (χ3n) is 6.56. The number of fused-ring (bicyclic) bond motifs is 1. The number of hydrogen-bond donors (Lipinski definition) is 1. The number of piperidine rings is 2. The number of aliphatic imine (C=N–C) groups is 1. The van der Waals surface area contributed by atoms with Crippen molar-refractivity contribution in [3.63, 3.8) is 0 Å². The summed E-state index contributed by atoms with van der Waals surface area (Å²) in [5, 5.41) is 3.54. The molecule has 2 atom stereocenters. The Hall–Kier alpha value is -0.860. The Morgan fingerprint density at radius 1 is 1.21 bits per heavy atom. The number of nitrogens with one attached hydrogen (secondary N) is 1. The summed E-state index contributed by atoms with van der Waals surface area (Å²) in [6.45, 7) is 12.5. The van der Waals surface area contributed by atoms with Crippen LogP contribution >= 0.6 is 24.0 Å². The molecule has 0 aliphatic carbocycles. The second kappa shape index (κ2) is 10.4. The first-order valence-corrected chi connectivity index (χ1v) is 11.1. The zero-order valence-corrected chi connectivity index (χ0v) is 20.3. The molecule has 3 aliphatic rings. The summed E-state index contributed by atoms with van der Waals surface area (Å²) in [7, 11) is 0. The van der Waals surface area contributed by atoms with Crippen LogP contribution in [0, 0.1) is 11.3 Å². The van der Waals surface area contributed by atoms with Crippen LogP contribution < -0.4 is 5.32 Å². The summed E-state index contributed by atoms with van der Waals surface area (Å²) in [6.07, 6.45) is 3.89. The van der Waals surface area contributed by atoms with Crippen molar-refractivity contribution >= 4 is 29.9 Å². The lowest BCUT2D eigenvalue weighted by molar-refractivity contribution is -0.0946. The zero-order chi connectivity index (χ0) is 19.4. The predicted molar refractivity (Wildman–Crippen MR) is 130 cm³/mol. The first-order chi connectivity index (χ1) is 13.7. The zero-order valence-electron chi connectivity index (χ0n) is 18.0. The van der Waals surface area contributed by atoms with Gasteiger partial charge in [-0.1, -0.05) is 37.3 Å². The van der Waals surface area contributed by atoms with Crippen LogP contribution in [0.25, 0.3) is 0 Å².